The van der Waals surface area contributed by atoms with Crippen molar-refractivity contribution < 1.29 is 23.1 Å². The van der Waals surface area contributed by atoms with Crippen molar-refractivity contribution in [3.05, 3.63) is 29.8 Å². The molecule has 0 saturated carbocycles. The Labute approximate surface area is 133 Å². The topological polar surface area (TPSA) is 81.4 Å². The van der Waals surface area contributed by atoms with E-state index in [1.54, 1.807) is 18.2 Å². The molecule has 8 heteroatoms. The number of hydrogen-bond acceptors (Lipinski definition) is 4. The zero-order valence-electron chi connectivity index (χ0n) is 12.3. The van der Waals surface area contributed by atoms with Gasteiger partial charge in [-0.2, -0.15) is 0 Å². The average Bonchev–Trinajstić information content (AvgIpc) is 2.45. The molecule has 1 unspecified atom stereocenters. The molecule has 0 spiro atoms. The lowest BCUT2D eigenvalue weighted by molar-refractivity contribution is -0.129. The molecule has 1 rings (SSSR count). The summed E-state index contributed by atoms with van der Waals surface area (Å²) in [5, 5.41) is 2.07. The van der Waals surface area contributed by atoms with Crippen LogP contribution in [0.4, 0.5) is 8.78 Å². The Morgan fingerprint density at radius 3 is 2.59 bits per heavy atom. The molecular weight excluding hydrogens is 318 g/mol. The van der Waals surface area contributed by atoms with E-state index in [0.29, 0.717) is 11.3 Å². The van der Waals surface area contributed by atoms with Gasteiger partial charge in [0, 0.05) is 5.56 Å². The molecule has 0 heterocycles. The second-order valence-electron chi connectivity index (χ2n) is 4.62. The third-order valence-electron chi connectivity index (χ3n) is 2.74. The second kappa shape index (κ2) is 8.65. The fraction of sp³-hybridized carbons (Fsp3) is 0.429. The molecular formula is C14H19ClF2N2O3. The maximum atomic E-state index is 12.9. The number of halogens is 3. The van der Waals surface area contributed by atoms with E-state index in [4.69, 9.17) is 10.5 Å². The Kier molecular flexibility index (Phi) is 7.97. The van der Waals surface area contributed by atoms with Crippen LogP contribution in [0, 0.1) is 0 Å². The largest absolute Gasteiger partial charge is 0.481 e. The van der Waals surface area contributed by atoms with Crippen LogP contribution < -0.4 is 15.8 Å². The van der Waals surface area contributed by atoms with Gasteiger partial charge in [-0.15, -0.1) is 12.4 Å². The molecule has 5 nitrogen and oxygen atoms in total. The summed E-state index contributed by atoms with van der Waals surface area (Å²) in [5.41, 5.74) is 5.31. The number of carbonyl (C=O) groups is 2. The molecule has 0 saturated heterocycles. The van der Waals surface area contributed by atoms with Gasteiger partial charge in [-0.25, -0.2) is 8.78 Å². The van der Waals surface area contributed by atoms with Crippen LogP contribution in [-0.2, 0) is 4.79 Å². The number of Topliss-reactive ketones (excluding diaryl/α,β-unsaturated/α-hetero) is 1. The summed E-state index contributed by atoms with van der Waals surface area (Å²) in [6, 6.07) is 6.28. The zero-order valence-corrected chi connectivity index (χ0v) is 13.1. The highest BCUT2D eigenvalue weighted by Gasteiger charge is 2.28. The van der Waals surface area contributed by atoms with Crippen molar-refractivity contribution in [2.45, 2.75) is 25.9 Å². The van der Waals surface area contributed by atoms with E-state index in [-0.39, 0.29) is 18.2 Å². The van der Waals surface area contributed by atoms with Crippen molar-refractivity contribution >= 4 is 24.1 Å². The van der Waals surface area contributed by atoms with Gasteiger partial charge in [-0.1, -0.05) is 12.1 Å². The third-order valence-corrected chi connectivity index (χ3v) is 2.74. The lowest BCUT2D eigenvalue weighted by Crippen LogP contribution is -2.45. The highest BCUT2D eigenvalue weighted by Crippen LogP contribution is 2.15. The van der Waals surface area contributed by atoms with E-state index in [2.05, 4.69) is 5.32 Å². The zero-order chi connectivity index (χ0) is 16.0. The minimum absolute atomic E-state index is 0. The maximum absolute atomic E-state index is 12.9. The predicted molar refractivity (Wildman–Crippen MR) is 80.8 cm³/mol. The van der Waals surface area contributed by atoms with Gasteiger partial charge in [-0.05, 0) is 26.0 Å². The van der Waals surface area contributed by atoms with Crippen molar-refractivity contribution in [1.29, 1.82) is 0 Å². The van der Waals surface area contributed by atoms with Gasteiger partial charge in [0.1, 0.15) is 5.75 Å². The van der Waals surface area contributed by atoms with E-state index in [0.717, 1.165) is 0 Å². The fourth-order valence-corrected chi connectivity index (χ4v) is 1.48. The molecule has 1 atom stereocenters. The number of amides is 1. The number of benzene rings is 1. The van der Waals surface area contributed by atoms with E-state index in [1.165, 1.54) is 19.9 Å². The number of nitrogens with two attached hydrogens (primary N) is 1. The smallest absolute Gasteiger partial charge is 0.277 e. The van der Waals surface area contributed by atoms with Gasteiger partial charge in [0.15, 0.2) is 11.9 Å². The highest BCUT2D eigenvalue weighted by atomic mass is 35.5. The SMILES string of the molecule is CC(=O)c1cccc(OC(C)C(=O)NCC(F)(F)CN)c1.Cl. The molecule has 0 aliphatic carbocycles. The minimum atomic E-state index is -3.15. The first-order valence-corrected chi connectivity index (χ1v) is 6.38. The number of rotatable bonds is 7. The number of ether oxygens (including phenoxy) is 1. The first-order chi connectivity index (χ1) is 9.75. The highest BCUT2D eigenvalue weighted by molar-refractivity contribution is 5.94. The van der Waals surface area contributed by atoms with Gasteiger partial charge < -0.3 is 15.8 Å². The summed E-state index contributed by atoms with van der Waals surface area (Å²) in [7, 11) is 0. The molecule has 1 aromatic carbocycles. The minimum Gasteiger partial charge on any atom is -0.481 e. The van der Waals surface area contributed by atoms with E-state index in [1.807, 2.05) is 0 Å². The van der Waals surface area contributed by atoms with Crippen LogP contribution in [0.1, 0.15) is 24.2 Å². The van der Waals surface area contributed by atoms with Crippen molar-refractivity contribution in [1.82, 2.24) is 5.32 Å². The molecule has 1 amide bonds. The van der Waals surface area contributed by atoms with Gasteiger partial charge in [0.05, 0.1) is 13.1 Å². The summed E-state index contributed by atoms with van der Waals surface area (Å²) in [4.78, 5) is 22.9. The number of alkyl halides is 2. The van der Waals surface area contributed by atoms with E-state index < -0.39 is 31.0 Å². The molecule has 0 aliphatic heterocycles. The monoisotopic (exact) mass is 336 g/mol. The van der Waals surface area contributed by atoms with Gasteiger partial charge >= 0.3 is 0 Å². The van der Waals surface area contributed by atoms with Crippen molar-refractivity contribution in [2.75, 3.05) is 13.1 Å². The molecule has 0 radical (unpaired) electrons. The Hall–Kier alpha value is -1.73. The normalized spacial score (nSPS) is 12.0. The Morgan fingerprint density at radius 2 is 2.05 bits per heavy atom. The van der Waals surface area contributed by atoms with Crippen LogP contribution in [0.25, 0.3) is 0 Å². The van der Waals surface area contributed by atoms with Gasteiger partial charge in [0.2, 0.25) is 0 Å². The van der Waals surface area contributed by atoms with Crippen molar-refractivity contribution in [3.63, 3.8) is 0 Å². The summed E-state index contributed by atoms with van der Waals surface area (Å²) < 4.78 is 31.2. The predicted octanol–water partition coefficient (Wildman–Crippen LogP) is 1.79. The molecule has 0 bridgehead atoms. The maximum Gasteiger partial charge on any atom is 0.277 e. The number of ketones is 1. The molecule has 0 aliphatic rings. The van der Waals surface area contributed by atoms with Crippen LogP contribution in [0.5, 0.6) is 5.75 Å². The molecule has 1 aromatic rings. The van der Waals surface area contributed by atoms with Crippen molar-refractivity contribution in [2.24, 2.45) is 5.73 Å². The number of nitrogens with one attached hydrogen (secondary N) is 1. The van der Waals surface area contributed by atoms with E-state index >= 15 is 0 Å². The summed E-state index contributed by atoms with van der Waals surface area (Å²) in [6.07, 6.45) is -0.971. The first-order valence-electron chi connectivity index (χ1n) is 6.38. The Balaban J connectivity index is 0.00000441. The van der Waals surface area contributed by atoms with E-state index in [9.17, 15) is 18.4 Å². The van der Waals surface area contributed by atoms with Gasteiger partial charge in [-0.3, -0.25) is 9.59 Å². The van der Waals surface area contributed by atoms with Crippen LogP contribution >= 0.6 is 12.4 Å². The lowest BCUT2D eigenvalue weighted by Gasteiger charge is -2.18. The quantitative estimate of drug-likeness (QED) is 0.744. The molecule has 22 heavy (non-hydrogen) atoms. The molecule has 0 fully saturated rings. The van der Waals surface area contributed by atoms with Crippen LogP contribution in [0.3, 0.4) is 0 Å². The fourth-order valence-electron chi connectivity index (χ4n) is 1.48. The second-order valence-corrected chi connectivity index (χ2v) is 4.62. The summed E-state index contributed by atoms with van der Waals surface area (Å²) in [5.74, 6) is -3.66. The van der Waals surface area contributed by atoms with Crippen LogP contribution in [-0.4, -0.2) is 36.8 Å². The standard InChI is InChI=1S/C14H18F2N2O3.ClH/c1-9(19)11-4-3-5-12(6-11)21-10(2)13(20)18-8-14(15,16)7-17;/h3-6,10H,7-8,17H2,1-2H3,(H,18,20);1H. The first kappa shape index (κ1) is 20.3. The summed E-state index contributed by atoms with van der Waals surface area (Å²) in [6.45, 7) is 1.15. The molecule has 124 valence electrons. The average molecular weight is 337 g/mol. The summed E-state index contributed by atoms with van der Waals surface area (Å²) >= 11 is 0. The Morgan fingerprint density at radius 1 is 1.41 bits per heavy atom. The lowest BCUT2D eigenvalue weighted by atomic mass is 10.1. The third kappa shape index (κ3) is 6.36. The molecule has 0 aromatic heterocycles. The van der Waals surface area contributed by atoms with Gasteiger partial charge in [0.25, 0.3) is 11.8 Å². The number of carbonyl (C=O) groups excluding carboxylic acids is 2. The molecule has 3 N–H and O–H groups in total. The number of hydrogen-bond donors (Lipinski definition) is 2. The van der Waals surface area contributed by atoms with Crippen LogP contribution in [0.2, 0.25) is 0 Å². The van der Waals surface area contributed by atoms with Crippen molar-refractivity contribution in [3.8, 4) is 5.75 Å². The Bertz CT molecular complexity index is 527. The van der Waals surface area contributed by atoms with Crippen LogP contribution in [0.15, 0.2) is 24.3 Å².